The number of aryl methyl sites for hydroxylation is 1. The van der Waals surface area contributed by atoms with E-state index in [0.717, 1.165) is 12.8 Å². The number of rotatable bonds is 2. The van der Waals surface area contributed by atoms with Gasteiger partial charge in [0.15, 0.2) is 0 Å². The number of hydrogen-bond acceptors (Lipinski definition) is 2. The second-order valence-electron chi connectivity index (χ2n) is 4.19. The molecule has 1 unspecified atom stereocenters. The number of hydrogen-bond donors (Lipinski definition) is 2. The maximum Gasteiger partial charge on any atom is 0.0664 e. The number of aliphatic hydroxyl groups is 1. The third-order valence-corrected chi connectivity index (χ3v) is 3.30. The Balaban J connectivity index is 2.38. The first-order chi connectivity index (χ1) is 6.71. The topological polar surface area (TPSA) is 32.3 Å². The lowest BCUT2D eigenvalue weighted by Gasteiger charge is -2.25. The van der Waals surface area contributed by atoms with Gasteiger partial charge in [-0.1, -0.05) is 19.1 Å². The lowest BCUT2D eigenvalue weighted by atomic mass is 9.92. The van der Waals surface area contributed by atoms with Gasteiger partial charge in [-0.2, -0.15) is 0 Å². The van der Waals surface area contributed by atoms with Crippen LogP contribution in [-0.2, 0) is 6.42 Å². The molecular weight excluding hydrogens is 174 g/mol. The summed E-state index contributed by atoms with van der Waals surface area (Å²) in [5.41, 5.74) is 3.76. The molecule has 1 heterocycles. The van der Waals surface area contributed by atoms with Crippen molar-refractivity contribution in [2.75, 3.05) is 11.9 Å². The van der Waals surface area contributed by atoms with E-state index in [1.807, 2.05) is 0 Å². The SMILES string of the molecule is CCC1(CO)Cc2c(C)cccc2N1. The van der Waals surface area contributed by atoms with Crippen LogP contribution in [0.25, 0.3) is 0 Å². The van der Waals surface area contributed by atoms with Gasteiger partial charge in [-0.05, 0) is 37.0 Å². The largest absolute Gasteiger partial charge is 0.394 e. The Morgan fingerprint density at radius 2 is 2.29 bits per heavy atom. The number of benzene rings is 1. The van der Waals surface area contributed by atoms with Gasteiger partial charge in [0.25, 0.3) is 0 Å². The van der Waals surface area contributed by atoms with Gasteiger partial charge in [0.1, 0.15) is 0 Å². The number of anilines is 1. The molecule has 0 spiro atoms. The maximum atomic E-state index is 9.42. The highest BCUT2D eigenvalue weighted by atomic mass is 16.3. The number of fused-ring (bicyclic) bond motifs is 1. The highest BCUT2D eigenvalue weighted by molar-refractivity contribution is 5.61. The van der Waals surface area contributed by atoms with E-state index >= 15 is 0 Å². The molecule has 0 fully saturated rings. The van der Waals surface area contributed by atoms with E-state index in [1.54, 1.807) is 0 Å². The first-order valence-electron chi connectivity index (χ1n) is 5.18. The predicted octanol–water partition coefficient (Wildman–Crippen LogP) is 2.10. The van der Waals surface area contributed by atoms with Crippen molar-refractivity contribution in [3.8, 4) is 0 Å². The van der Waals surface area contributed by atoms with Crippen LogP contribution in [0, 0.1) is 6.92 Å². The first kappa shape index (κ1) is 9.53. The molecule has 0 radical (unpaired) electrons. The van der Waals surface area contributed by atoms with Crippen LogP contribution >= 0.6 is 0 Å². The van der Waals surface area contributed by atoms with E-state index in [0.29, 0.717) is 0 Å². The van der Waals surface area contributed by atoms with Crippen molar-refractivity contribution in [1.29, 1.82) is 0 Å². The smallest absolute Gasteiger partial charge is 0.0664 e. The monoisotopic (exact) mass is 191 g/mol. The Kier molecular flexibility index (Phi) is 2.23. The van der Waals surface area contributed by atoms with Gasteiger partial charge >= 0.3 is 0 Å². The van der Waals surface area contributed by atoms with Crippen LogP contribution in [-0.4, -0.2) is 17.3 Å². The average Bonchev–Trinajstić information content (AvgIpc) is 2.59. The molecule has 0 amide bonds. The molecule has 1 aromatic rings. The molecule has 0 saturated heterocycles. The Labute approximate surface area is 85.0 Å². The van der Waals surface area contributed by atoms with Crippen molar-refractivity contribution in [3.63, 3.8) is 0 Å². The predicted molar refractivity (Wildman–Crippen MR) is 58.6 cm³/mol. The van der Waals surface area contributed by atoms with Gasteiger partial charge in [-0.25, -0.2) is 0 Å². The summed E-state index contributed by atoms with van der Waals surface area (Å²) in [6, 6.07) is 6.28. The molecule has 0 aromatic heterocycles. The van der Waals surface area contributed by atoms with Crippen LogP contribution in [0.4, 0.5) is 5.69 Å². The zero-order chi connectivity index (χ0) is 10.2. The Hall–Kier alpha value is -1.02. The fourth-order valence-electron chi connectivity index (χ4n) is 2.14. The van der Waals surface area contributed by atoms with Crippen LogP contribution in [0.15, 0.2) is 18.2 Å². The van der Waals surface area contributed by atoms with Gasteiger partial charge in [0, 0.05) is 5.69 Å². The van der Waals surface area contributed by atoms with E-state index in [1.165, 1.54) is 16.8 Å². The molecule has 0 saturated carbocycles. The van der Waals surface area contributed by atoms with E-state index in [-0.39, 0.29) is 12.1 Å². The fourth-order valence-corrected chi connectivity index (χ4v) is 2.14. The van der Waals surface area contributed by atoms with Crippen LogP contribution in [0.5, 0.6) is 0 Å². The summed E-state index contributed by atoms with van der Waals surface area (Å²) in [5.74, 6) is 0. The molecule has 14 heavy (non-hydrogen) atoms. The summed E-state index contributed by atoms with van der Waals surface area (Å²) >= 11 is 0. The lowest BCUT2D eigenvalue weighted by Crippen LogP contribution is -2.39. The molecule has 2 rings (SSSR count). The van der Waals surface area contributed by atoms with E-state index in [2.05, 4.69) is 37.4 Å². The van der Waals surface area contributed by atoms with Crippen molar-refractivity contribution >= 4 is 5.69 Å². The van der Waals surface area contributed by atoms with Crippen LogP contribution in [0.3, 0.4) is 0 Å². The van der Waals surface area contributed by atoms with E-state index < -0.39 is 0 Å². The minimum absolute atomic E-state index is 0.117. The third kappa shape index (κ3) is 1.30. The van der Waals surface area contributed by atoms with Gasteiger partial charge in [-0.3, -0.25) is 0 Å². The van der Waals surface area contributed by atoms with Gasteiger partial charge < -0.3 is 10.4 Å². The summed E-state index contributed by atoms with van der Waals surface area (Å²) in [6.07, 6.45) is 1.90. The molecule has 2 nitrogen and oxygen atoms in total. The summed E-state index contributed by atoms with van der Waals surface area (Å²) in [4.78, 5) is 0. The standard InChI is InChI=1S/C12H17NO/c1-3-12(8-14)7-10-9(2)5-4-6-11(10)13-12/h4-6,13-14H,3,7-8H2,1-2H3. The highest BCUT2D eigenvalue weighted by Crippen LogP contribution is 2.35. The van der Waals surface area contributed by atoms with Crippen molar-refractivity contribution in [3.05, 3.63) is 29.3 Å². The molecule has 1 aliphatic heterocycles. The Morgan fingerprint density at radius 3 is 2.86 bits per heavy atom. The summed E-state index contributed by atoms with van der Waals surface area (Å²) < 4.78 is 0. The van der Waals surface area contributed by atoms with Crippen molar-refractivity contribution < 1.29 is 5.11 Å². The maximum absolute atomic E-state index is 9.42. The molecular formula is C12H17NO. The second kappa shape index (κ2) is 3.28. The first-order valence-corrected chi connectivity index (χ1v) is 5.18. The third-order valence-electron chi connectivity index (χ3n) is 3.30. The van der Waals surface area contributed by atoms with Gasteiger partial charge in [0.05, 0.1) is 12.1 Å². The van der Waals surface area contributed by atoms with Gasteiger partial charge in [0.2, 0.25) is 0 Å². The minimum atomic E-state index is -0.117. The van der Waals surface area contributed by atoms with E-state index in [4.69, 9.17) is 0 Å². The Bertz CT molecular complexity index is 342. The van der Waals surface area contributed by atoms with E-state index in [9.17, 15) is 5.11 Å². The van der Waals surface area contributed by atoms with Crippen LogP contribution in [0.2, 0.25) is 0 Å². The molecule has 2 heteroatoms. The Morgan fingerprint density at radius 1 is 1.50 bits per heavy atom. The summed E-state index contributed by atoms with van der Waals surface area (Å²) in [5, 5.41) is 12.9. The van der Waals surface area contributed by atoms with Gasteiger partial charge in [-0.15, -0.1) is 0 Å². The average molecular weight is 191 g/mol. The second-order valence-corrected chi connectivity index (χ2v) is 4.19. The number of aliphatic hydroxyl groups excluding tert-OH is 1. The molecule has 76 valence electrons. The summed E-state index contributed by atoms with van der Waals surface area (Å²) in [7, 11) is 0. The van der Waals surface area contributed by atoms with Crippen molar-refractivity contribution in [2.24, 2.45) is 0 Å². The fraction of sp³-hybridized carbons (Fsp3) is 0.500. The summed E-state index contributed by atoms with van der Waals surface area (Å²) in [6.45, 7) is 4.45. The molecule has 0 bridgehead atoms. The van der Waals surface area contributed by atoms with Crippen molar-refractivity contribution in [2.45, 2.75) is 32.2 Å². The lowest BCUT2D eigenvalue weighted by molar-refractivity contribution is 0.211. The zero-order valence-electron chi connectivity index (χ0n) is 8.80. The molecule has 0 aliphatic carbocycles. The number of nitrogens with one attached hydrogen (secondary N) is 1. The van der Waals surface area contributed by atoms with Crippen LogP contribution < -0.4 is 5.32 Å². The highest BCUT2D eigenvalue weighted by Gasteiger charge is 2.34. The zero-order valence-corrected chi connectivity index (χ0v) is 8.80. The van der Waals surface area contributed by atoms with Crippen molar-refractivity contribution in [1.82, 2.24) is 0 Å². The molecule has 1 aromatic carbocycles. The minimum Gasteiger partial charge on any atom is -0.394 e. The normalized spacial score (nSPS) is 24.5. The quantitative estimate of drug-likeness (QED) is 0.750. The van der Waals surface area contributed by atoms with Crippen LogP contribution in [0.1, 0.15) is 24.5 Å². The molecule has 1 atom stereocenters. The molecule has 2 N–H and O–H groups in total. The molecule has 1 aliphatic rings.